The summed E-state index contributed by atoms with van der Waals surface area (Å²) in [6.45, 7) is 5.87. The van der Waals surface area contributed by atoms with Gasteiger partial charge in [0, 0.05) is 48.1 Å². The number of carbonyl (C=O) groups excluding carboxylic acids is 1. The van der Waals surface area contributed by atoms with Crippen molar-refractivity contribution in [2.24, 2.45) is 11.1 Å². The first-order chi connectivity index (χ1) is 18.3. The molecule has 9 heteroatoms. The molecule has 0 atom stereocenters. The van der Waals surface area contributed by atoms with Crippen molar-refractivity contribution in [3.05, 3.63) is 64.4 Å². The summed E-state index contributed by atoms with van der Waals surface area (Å²) < 4.78 is 21.2. The van der Waals surface area contributed by atoms with Crippen molar-refractivity contribution in [2.45, 2.75) is 51.9 Å². The second-order valence-electron chi connectivity index (χ2n) is 11.1. The Hall–Kier alpha value is -3.59. The number of allylic oxidation sites excluding steroid dienone is 2. The van der Waals surface area contributed by atoms with Gasteiger partial charge in [-0.2, -0.15) is 0 Å². The van der Waals surface area contributed by atoms with Gasteiger partial charge in [-0.15, -0.1) is 0 Å². The zero-order valence-corrected chi connectivity index (χ0v) is 22.2. The molecule has 7 rings (SSSR count). The number of aromatic nitrogens is 3. The molecule has 38 heavy (non-hydrogen) atoms. The molecule has 1 aliphatic heterocycles. The molecule has 0 bridgehead atoms. The standard InChI is InChI=1S/C29H28FN5O2S/c1-15-13-32-14-16(2)22(15)25-23(26(37-34-25)17-3-4-17)19-11-29(12-19)5-7-35(8-6-29)28-33-24-20(30)9-18(27(31)36)10-21(24)38-28/h9-11,13-14,17H,3-8,12H2,1-2H3,(H2,31,36). The van der Waals surface area contributed by atoms with Gasteiger partial charge in [-0.05, 0) is 80.2 Å². The van der Waals surface area contributed by atoms with Crippen molar-refractivity contribution in [3.8, 4) is 11.3 Å². The van der Waals surface area contributed by atoms with E-state index in [0.29, 0.717) is 16.1 Å². The molecule has 194 valence electrons. The van der Waals surface area contributed by atoms with E-state index < -0.39 is 11.7 Å². The molecule has 2 fully saturated rings. The van der Waals surface area contributed by atoms with Gasteiger partial charge >= 0.3 is 0 Å². The largest absolute Gasteiger partial charge is 0.366 e. The summed E-state index contributed by atoms with van der Waals surface area (Å²) in [5, 5.41) is 5.38. The number of fused-ring (bicyclic) bond motifs is 1. The molecule has 1 amide bonds. The van der Waals surface area contributed by atoms with E-state index in [9.17, 15) is 9.18 Å². The molecule has 7 nitrogen and oxygen atoms in total. The van der Waals surface area contributed by atoms with Crippen molar-refractivity contribution in [1.82, 2.24) is 15.1 Å². The lowest BCUT2D eigenvalue weighted by atomic mass is 9.63. The fourth-order valence-corrected chi connectivity index (χ4v) is 7.15. The SMILES string of the molecule is Cc1cncc(C)c1-c1noc(C2CC2)c1C1=CC2(CCN(c3nc4c(F)cc(C(N)=O)cc4s3)CC2)C1. The number of aryl methyl sites for hydroxylation is 2. The number of primary amides is 1. The van der Waals surface area contributed by atoms with Gasteiger partial charge in [0.15, 0.2) is 10.9 Å². The van der Waals surface area contributed by atoms with Crippen LogP contribution in [0.2, 0.25) is 0 Å². The van der Waals surface area contributed by atoms with Crippen LogP contribution in [-0.4, -0.2) is 34.1 Å². The van der Waals surface area contributed by atoms with E-state index in [1.54, 1.807) is 6.07 Å². The maximum atomic E-state index is 14.5. The summed E-state index contributed by atoms with van der Waals surface area (Å²) in [7, 11) is 0. The average molecular weight is 530 g/mol. The molecule has 2 aliphatic carbocycles. The molecule has 4 aromatic rings. The Balaban J connectivity index is 1.14. The number of pyridine rings is 1. The smallest absolute Gasteiger partial charge is 0.248 e. The third kappa shape index (κ3) is 3.74. The number of thiazole rings is 1. The van der Waals surface area contributed by atoms with E-state index in [0.717, 1.165) is 78.5 Å². The summed E-state index contributed by atoms with van der Waals surface area (Å²) >= 11 is 1.41. The van der Waals surface area contributed by atoms with Crippen LogP contribution < -0.4 is 10.6 Å². The number of nitrogens with two attached hydrogens (primary N) is 1. The predicted octanol–water partition coefficient (Wildman–Crippen LogP) is 6.15. The normalized spacial score (nSPS) is 18.6. The van der Waals surface area contributed by atoms with Crippen LogP contribution in [0.25, 0.3) is 27.0 Å². The fraction of sp³-hybridized carbons (Fsp3) is 0.379. The first-order valence-electron chi connectivity index (χ1n) is 13.1. The van der Waals surface area contributed by atoms with Gasteiger partial charge < -0.3 is 15.2 Å². The number of hydrogen-bond donors (Lipinski definition) is 1. The highest BCUT2D eigenvalue weighted by Crippen LogP contribution is 2.56. The average Bonchev–Trinajstić information content (AvgIpc) is 3.47. The van der Waals surface area contributed by atoms with Crippen molar-refractivity contribution in [2.75, 3.05) is 18.0 Å². The Morgan fingerprint density at radius 1 is 1.16 bits per heavy atom. The number of nitrogens with zero attached hydrogens (tertiary/aromatic N) is 4. The Morgan fingerprint density at radius 3 is 2.53 bits per heavy atom. The second kappa shape index (κ2) is 8.46. The number of amides is 1. The molecular weight excluding hydrogens is 501 g/mol. The van der Waals surface area contributed by atoms with E-state index in [2.05, 4.69) is 39.9 Å². The van der Waals surface area contributed by atoms with Crippen LogP contribution >= 0.6 is 11.3 Å². The van der Waals surface area contributed by atoms with Gasteiger partial charge in [-0.25, -0.2) is 9.37 Å². The van der Waals surface area contributed by atoms with Crippen molar-refractivity contribution in [3.63, 3.8) is 0 Å². The molecule has 4 heterocycles. The topological polar surface area (TPSA) is 98.1 Å². The van der Waals surface area contributed by atoms with Crippen molar-refractivity contribution < 1.29 is 13.7 Å². The van der Waals surface area contributed by atoms with E-state index in [4.69, 9.17) is 10.3 Å². The number of piperidine rings is 1. The highest BCUT2D eigenvalue weighted by Gasteiger charge is 2.44. The van der Waals surface area contributed by atoms with E-state index in [1.807, 2.05) is 12.4 Å². The summed E-state index contributed by atoms with van der Waals surface area (Å²) in [4.78, 5) is 22.7. The number of benzene rings is 1. The fourth-order valence-electron chi connectivity index (χ4n) is 6.08. The summed E-state index contributed by atoms with van der Waals surface area (Å²) in [6, 6.07) is 2.80. The zero-order chi connectivity index (χ0) is 26.2. The minimum Gasteiger partial charge on any atom is -0.366 e. The lowest BCUT2D eigenvalue weighted by Gasteiger charge is -2.46. The molecule has 1 aromatic carbocycles. The monoisotopic (exact) mass is 529 g/mol. The maximum Gasteiger partial charge on any atom is 0.248 e. The van der Waals surface area contributed by atoms with Crippen LogP contribution in [0.1, 0.15) is 70.8 Å². The Labute approximate surface area is 223 Å². The number of anilines is 1. The quantitative estimate of drug-likeness (QED) is 0.333. The van der Waals surface area contributed by atoms with Crippen LogP contribution in [0.3, 0.4) is 0 Å². The van der Waals surface area contributed by atoms with E-state index in [-0.39, 0.29) is 11.0 Å². The van der Waals surface area contributed by atoms with Gasteiger partial charge in [-0.1, -0.05) is 22.6 Å². The molecule has 1 saturated heterocycles. The third-order valence-corrected chi connectivity index (χ3v) is 9.39. The van der Waals surface area contributed by atoms with Crippen LogP contribution in [-0.2, 0) is 0 Å². The number of halogens is 1. The molecule has 0 unspecified atom stereocenters. The van der Waals surface area contributed by atoms with E-state index in [1.165, 1.54) is 28.5 Å². The lowest BCUT2D eigenvalue weighted by molar-refractivity contribution is 0.1000. The highest BCUT2D eigenvalue weighted by molar-refractivity contribution is 7.22. The molecule has 3 aromatic heterocycles. The first-order valence-corrected chi connectivity index (χ1v) is 13.9. The number of carbonyl (C=O) groups is 1. The Bertz CT molecular complexity index is 1620. The van der Waals surface area contributed by atoms with Gasteiger partial charge in [-0.3, -0.25) is 9.78 Å². The number of rotatable bonds is 5. The minimum absolute atomic E-state index is 0.157. The molecular formula is C29H28FN5O2S. The second-order valence-corrected chi connectivity index (χ2v) is 12.1. The van der Waals surface area contributed by atoms with E-state index >= 15 is 0 Å². The third-order valence-electron chi connectivity index (χ3n) is 8.32. The van der Waals surface area contributed by atoms with Crippen LogP contribution in [0.15, 0.2) is 35.1 Å². The van der Waals surface area contributed by atoms with Crippen LogP contribution in [0, 0.1) is 25.1 Å². The van der Waals surface area contributed by atoms with Crippen LogP contribution in [0.4, 0.5) is 9.52 Å². The Morgan fingerprint density at radius 2 is 1.87 bits per heavy atom. The number of hydrogen-bond acceptors (Lipinski definition) is 7. The zero-order valence-electron chi connectivity index (χ0n) is 21.4. The maximum absolute atomic E-state index is 14.5. The molecule has 0 radical (unpaired) electrons. The van der Waals surface area contributed by atoms with Crippen molar-refractivity contribution >= 4 is 38.2 Å². The first kappa shape index (κ1) is 23.5. The van der Waals surface area contributed by atoms with Gasteiger partial charge in [0.05, 0.1) is 4.70 Å². The molecule has 3 aliphatic rings. The summed E-state index contributed by atoms with van der Waals surface area (Å²) in [5.74, 6) is 0.376. The van der Waals surface area contributed by atoms with Gasteiger partial charge in [0.2, 0.25) is 5.91 Å². The van der Waals surface area contributed by atoms with Gasteiger partial charge in [0.1, 0.15) is 17.0 Å². The molecule has 1 saturated carbocycles. The Kier molecular flexibility index (Phi) is 5.24. The van der Waals surface area contributed by atoms with Crippen molar-refractivity contribution in [1.29, 1.82) is 0 Å². The minimum atomic E-state index is -0.636. The summed E-state index contributed by atoms with van der Waals surface area (Å²) in [6.07, 6.45) is 11.6. The highest BCUT2D eigenvalue weighted by atomic mass is 32.1. The predicted molar refractivity (Wildman–Crippen MR) is 146 cm³/mol. The van der Waals surface area contributed by atoms with Gasteiger partial charge in [0.25, 0.3) is 0 Å². The molecule has 2 N–H and O–H groups in total. The molecule has 1 spiro atoms. The summed E-state index contributed by atoms with van der Waals surface area (Å²) in [5.41, 5.74) is 12.8. The lowest BCUT2D eigenvalue weighted by Crippen LogP contribution is -2.42. The van der Waals surface area contributed by atoms with Crippen LogP contribution in [0.5, 0.6) is 0 Å².